The largest absolute Gasteiger partial charge is 0.246 e. The molecule has 2 aromatic rings. The predicted molar refractivity (Wildman–Crippen MR) is 61.9 cm³/mol. The molecule has 1 aromatic heterocycles. The molecule has 0 fully saturated rings. The fourth-order valence-corrected chi connectivity index (χ4v) is 2.90. The molecule has 1 aromatic carbocycles. The highest BCUT2D eigenvalue weighted by molar-refractivity contribution is 9.11. The summed E-state index contributed by atoms with van der Waals surface area (Å²) in [4.78, 5) is 4.35. The van der Waals surface area contributed by atoms with Crippen LogP contribution in [0.3, 0.4) is 0 Å². The summed E-state index contributed by atoms with van der Waals surface area (Å²) < 4.78 is 1.97. The van der Waals surface area contributed by atoms with E-state index in [1.807, 2.05) is 19.1 Å². The second-order valence-electron chi connectivity index (χ2n) is 2.89. The van der Waals surface area contributed by atoms with Crippen LogP contribution in [0.4, 0.5) is 0 Å². The van der Waals surface area contributed by atoms with Crippen molar-refractivity contribution in [2.24, 2.45) is 0 Å². The summed E-state index contributed by atoms with van der Waals surface area (Å²) in [5.74, 6) is 0. The lowest BCUT2D eigenvalue weighted by molar-refractivity contribution is 1.19. The minimum absolute atomic E-state index is 0.898. The number of aryl methyl sites for hydroxylation is 1. The number of aromatic nitrogens is 1. The average Bonchev–Trinajstić information content (AvgIpc) is 2.02. The Morgan fingerprint density at radius 1 is 1.23 bits per heavy atom. The van der Waals surface area contributed by atoms with Crippen molar-refractivity contribution in [2.45, 2.75) is 6.92 Å². The molecular weight excluding hydrogens is 294 g/mol. The maximum absolute atomic E-state index is 4.35. The minimum atomic E-state index is 0.898. The molecule has 3 heteroatoms. The third-order valence-electron chi connectivity index (χ3n) is 1.89. The lowest BCUT2D eigenvalue weighted by atomic mass is 10.1. The topological polar surface area (TPSA) is 12.9 Å². The first kappa shape index (κ1) is 9.16. The number of hydrogen-bond donors (Lipinski definition) is 0. The van der Waals surface area contributed by atoms with Crippen LogP contribution in [0.1, 0.15) is 5.69 Å². The Morgan fingerprint density at radius 3 is 2.77 bits per heavy atom. The molecule has 0 spiro atoms. The van der Waals surface area contributed by atoms with E-state index in [1.165, 1.54) is 5.39 Å². The zero-order chi connectivity index (χ0) is 9.42. The van der Waals surface area contributed by atoms with Gasteiger partial charge in [-0.25, -0.2) is 4.98 Å². The van der Waals surface area contributed by atoms with Crippen LogP contribution < -0.4 is 0 Å². The quantitative estimate of drug-likeness (QED) is 0.668. The van der Waals surface area contributed by atoms with Gasteiger partial charge in [-0.3, -0.25) is 0 Å². The average molecular weight is 301 g/mol. The molecule has 0 saturated carbocycles. The van der Waals surface area contributed by atoms with Gasteiger partial charge in [-0.2, -0.15) is 0 Å². The molecule has 0 amide bonds. The summed E-state index contributed by atoms with van der Waals surface area (Å²) in [5, 5.41) is 2.34. The van der Waals surface area contributed by atoms with Crippen molar-refractivity contribution in [1.29, 1.82) is 0 Å². The summed E-state index contributed by atoms with van der Waals surface area (Å²) in [6, 6.07) is 8.20. The van der Waals surface area contributed by atoms with Crippen molar-refractivity contribution in [3.63, 3.8) is 0 Å². The number of pyridine rings is 1. The van der Waals surface area contributed by atoms with E-state index in [1.54, 1.807) is 0 Å². The monoisotopic (exact) mass is 299 g/mol. The molecule has 0 radical (unpaired) electrons. The van der Waals surface area contributed by atoms with Gasteiger partial charge in [0.15, 0.2) is 0 Å². The molecule has 0 bridgehead atoms. The van der Waals surface area contributed by atoms with Gasteiger partial charge < -0.3 is 0 Å². The highest BCUT2D eigenvalue weighted by Gasteiger charge is 2.04. The molecule has 1 nitrogen and oxygen atoms in total. The zero-order valence-corrected chi connectivity index (χ0v) is 10.2. The Kier molecular flexibility index (Phi) is 2.39. The Morgan fingerprint density at radius 2 is 2.00 bits per heavy atom. The number of benzene rings is 1. The van der Waals surface area contributed by atoms with Gasteiger partial charge in [0.25, 0.3) is 0 Å². The molecule has 0 aliphatic rings. The third-order valence-corrected chi connectivity index (χ3v) is 3.13. The Labute approximate surface area is 93.4 Å². The highest BCUT2D eigenvalue weighted by Crippen LogP contribution is 2.29. The van der Waals surface area contributed by atoms with Crippen LogP contribution in [0, 0.1) is 6.92 Å². The summed E-state index contributed by atoms with van der Waals surface area (Å²) in [6.45, 7) is 1.99. The Hall–Kier alpha value is -0.410. The van der Waals surface area contributed by atoms with Crippen LogP contribution in [-0.4, -0.2) is 4.98 Å². The maximum Gasteiger partial charge on any atom is 0.115 e. The minimum Gasteiger partial charge on any atom is -0.246 e. The first-order valence-electron chi connectivity index (χ1n) is 3.90. The lowest BCUT2D eigenvalue weighted by Gasteiger charge is -2.03. The van der Waals surface area contributed by atoms with E-state index in [0.29, 0.717) is 0 Å². The van der Waals surface area contributed by atoms with E-state index in [0.717, 1.165) is 20.2 Å². The van der Waals surface area contributed by atoms with Crippen molar-refractivity contribution in [3.05, 3.63) is 39.0 Å². The van der Waals surface area contributed by atoms with Crippen LogP contribution in [0.25, 0.3) is 10.8 Å². The maximum atomic E-state index is 4.35. The second-order valence-corrected chi connectivity index (χ2v) is 4.50. The summed E-state index contributed by atoms with van der Waals surface area (Å²) in [5.41, 5.74) is 1.03. The van der Waals surface area contributed by atoms with Gasteiger partial charge >= 0.3 is 0 Å². The van der Waals surface area contributed by atoms with E-state index in [-0.39, 0.29) is 0 Å². The standard InChI is InChI=1S/C10H7Br2N/c1-6-5-7-3-2-4-8(11)9(7)10(12)13-6/h2-5H,1H3. The molecule has 66 valence electrons. The molecule has 0 unspecified atom stereocenters. The van der Waals surface area contributed by atoms with Crippen LogP contribution >= 0.6 is 31.9 Å². The van der Waals surface area contributed by atoms with Crippen molar-refractivity contribution in [1.82, 2.24) is 4.98 Å². The number of halogens is 2. The van der Waals surface area contributed by atoms with Crippen LogP contribution in [-0.2, 0) is 0 Å². The second kappa shape index (κ2) is 3.39. The molecule has 0 atom stereocenters. The first-order valence-corrected chi connectivity index (χ1v) is 5.48. The number of fused-ring (bicyclic) bond motifs is 1. The molecule has 1 heterocycles. The van der Waals surface area contributed by atoms with Gasteiger partial charge in [-0.15, -0.1) is 0 Å². The van der Waals surface area contributed by atoms with E-state index in [2.05, 4.69) is 49.0 Å². The number of rotatable bonds is 0. The fraction of sp³-hybridized carbons (Fsp3) is 0.100. The van der Waals surface area contributed by atoms with Gasteiger partial charge in [0.2, 0.25) is 0 Å². The predicted octanol–water partition coefficient (Wildman–Crippen LogP) is 4.07. The SMILES string of the molecule is Cc1cc2cccc(Br)c2c(Br)n1. The van der Waals surface area contributed by atoms with Gasteiger partial charge in [0.05, 0.1) is 0 Å². The molecule has 0 aliphatic carbocycles. The van der Waals surface area contributed by atoms with Crippen molar-refractivity contribution in [3.8, 4) is 0 Å². The van der Waals surface area contributed by atoms with E-state index < -0.39 is 0 Å². The molecule has 0 N–H and O–H groups in total. The van der Waals surface area contributed by atoms with Crippen LogP contribution in [0.15, 0.2) is 33.3 Å². The van der Waals surface area contributed by atoms with Gasteiger partial charge in [0, 0.05) is 15.6 Å². The third kappa shape index (κ3) is 1.63. The summed E-state index contributed by atoms with van der Waals surface area (Å²) in [6.07, 6.45) is 0. The molecule has 2 rings (SSSR count). The first-order chi connectivity index (χ1) is 6.18. The zero-order valence-electron chi connectivity index (χ0n) is 7.01. The Balaban J connectivity index is 2.94. The van der Waals surface area contributed by atoms with Crippen molar-refractivity contribution < 1.29 is 0 Å². The van der Waals surface area contributed by atoms with E-state index in [4.69, 9.17) is 0 Å². The normalized spacial score (nSPS) is 10.7. The summed E-state index contributed by atoms with van der Waals surface area (Å²) in [7, 11) is 0. The highest BCUT2D eigenvalue weighted by atomic mass is 79.9. The van der Waals surface area contributed by atoms with Crippen LogP contribution in [0.5, 0.6) is 0 Å². The molecule has 0 aliphatic heterocycles. The molecule has 0 saturated heterocycles. The van der Waals surface area contributed by atoms with Crippen molar-refractivity contribution >= 4 is 42.6 Å². The smallest absolute Gasteiger partial charge is 0.115 e. The van der Waals surface area contributed by atoms with Gasteiger partial charge in [0.1, 0.15) is 4.60 Å². The Bertz CT molecular complexity index is 466. The summed E-state index contributed by atoms with van der Waals surface area (Å²) >= 11 is 6.96. The number of nitrogens with zero attached hydrogens (tertiary/aromatic N) is 1. The van der Waals surface area contributed by atoms with Crippen molar-refractivity contribution in [2.75, 3.05) is 0 Å². The molecular formula is C10H7Br2N. The van der Waals surface area contributed by atoms with E-state index >= 15 is 0 Å². The number of hydrogen-bond acceptors (Lipinski definition) is 1. The van der Waals surface area contributed by atoms with Gasteiger partial charge in [-0.05, 0) is 40.4 Å². The lowest BCUT2D eigenvalue weighted by Crippen LogP contribution is -1.85. The fourth-order valence-electron chi connectivity index (χ4n) is 1.35. The van der Waals surface area contributed by atoms with E-state index in [9.17, 15) is 0 Å². The van der Waals surface area contributed by atoms with Gasteiger partial charge in [-0.1, -0.05) is 28.1 Å². The van der Waals surface area contributed by atoms with Crippen LogP contribution in [0.2, 0.25) is 0 Å². The molecule has 13 heavy (non-hydrogen) atoms.